The van der Waals surface area contributed by atoms with E-state index in [2.05, 4.69) is 5.32 Å². The van der Waals surface area contributed by atoms with Gasteiger partial charge in [-0.1, -0.05) is 6.07 Å². The molecule has 2 aromatic rings. The van der Waals surface area contributed by atoms with Crippen molar-refractivity contribution in [3.63, 3.8) is 0 Å². The van der Waals surface area contributed by atoms with Gasteiger partial charge < -0.3 is 10.2 Å². The van der Waals surface area contributed by atoms with Crippen LogP contribution in [-0.4, -0.2) is 24.9 Å². The molecular formula is C17H17FN2O2S. The maximum Gasteiger partial charge on any atom is 0.227 e. The molecule has 1 atom stereocenters. The van der Waals surface area contributed by atoms with E-state index >= 15 is 0 Å². The highest BCUT2D eigenvalue weighted by Crippen LogP contribution is 2.25. The number of thiophene rings is 1. The fourth-order valence-electron chi connectivity index (χ4n) is 2.66. The minimum Gasteiger partial charge on any atom is -0.355 e. The van der Waals surface area contributed by atoms with Crippen molar-refractivity contribution < 1.29 is 14.0 Å². The molecule has 2 amide bonds. The number of halogens is 1. The summed E-state index contributed by atoms with van der Waals surface area (Å²) >= 11 is 1.66. The number of nitrogens with one attached hydrogen (secondary N) is 1. The molecule has 1 aromatic heterocycles. The predicted octanol–water partition coefficient (Wildman–Crippen LogP) is 2.60. The Kier molecular flexibility index (Phi) is 4.71. The fourth-order valence-corrected chi connectivity index (χ4v) is 3.37. The Bertz CT molecular complexity index is 685. The van der Waals surface area contributed by atoms with Gasteiger partial charge in [-0.2, -0.15) is 0 Å². The first-order valence-corrected chi connectivity index (χ1v) is 8.37. The summed E-state index contributed by atoms with van der Waals surface area (Å²) in [5.41, 5.74) is 0.630. The molecule has 0 aliphatic carbocycles. The standard InChI is InChI=1S/C17H17FN2O2S/c18-13-3-5-14(6-4-13)20-11-12(10-16(20)21)17(22)19-8-7-15-2-1-9-23-15/h1-6,9,12H,7-8,10-11H2,(H,19,22)/t12-/m1/s1. The Morgan fingerprint density at radius 2 is 2.09 bits per heavy atom. The minimum absolute atomic E-state index is 0.0977. The van der Waals surface area contributed by atoms with Crippen molar-refractivity contribution in [3.8, 4) is 0 Å². The Balaban J connectivity index is 1.54. The highest BCUT2D eigenvalue weighted by Gasteiger charge is 2.34. The van der Waals surface area contributed by atoms with E-state index in [0.717, 1.165) is 6.42 Å². The molecule has 1 fully saturated rings. The van der Waals surface area contributed by atoms with Crippen LogP contribution in [0.3, 0.4) is 0 Å². The zero-order chi connectivity index (χ0) is 16.2. The predicted molar refractivity (Wildman–Crippen MR) is 87.9 cm³/mol. The van der Waals surface area contributed by atoms with Gasteiger partial charge in [0.25, 0.3) is 0 Å². The van der Waals surface area contributed by atoms with E-state index in [1.165, 1.54) is 17.0 Å². The lowest BCUT2D eigenvalue weighted by Gasteiger charge is -2.16. The second-order valence-electron chi connectivity index (χ2n) is 5.50. The summed E-state index contributed by atoms with van der Waals surface area (Å²) in [6, 6.07) is 9.77. The van der Waals surface area contributed by atoms with E-state index in [-0.39, 0.29) is 30.0 Å². The average molecular weight is 332 g/mol. The number of hydrogen-bond acceptors (Lipinski definition) is 3. The highest BCUT2D eigenvalue weighted by atomic mass is 32.1. The first-order valence-electron chi connectivity index (χ1n) is 7.49. The Morgan fingerprint density at radius 1 is 1.30 bits per heavy atom. The first-order chi connectivity index (χ1) is 11.1. The molecule has 0 unspecified atom stereocenters. The second-order valence-corrected chi connectivity index (χ2v) is 6.53. The van der Waals surface area contributed by atoms with Gasteiger partial charge in [0.1, 0.15) is 5.82 Å². The molecule has 6 heteroatoms. The van der Waals surface area contributed by atoms with Crippen LogP contribution in [0.5, 0.6) is 0 Å². The van der Waals surface area contributed by atoms with Crippen LogP contribution < -0.4 is 10.2 Å². The molecule has 1 N–H and O–H groups in total. The molecule has 1 aliphatic heterocycles. The molecule has 3 rings (SSSR count). The summed E-state index contributed by atoms with van der Waals surface area (Å²) in [7, 11) is 0. The van der Waals surface area contributed by atoms with Gasteiger partial charge in [-0.25, -0.2) is 4.39 Å². The van der Waals surface area contributed by atoms with Gasteiger partial charge in [-0.3, -0.25) is 9.59 Å². The number of hydrogen-bond donors (Lipinski definition) is 1. The Morgan fingerprint density at radius 3 is 2.78 bits per heavy atom. The van der Waals surface area contributed by atoms with Gasteiger partial charge >= 0.3 is 0 Å². The molecule has 0 radical (unpaired) electrons. The van der Waals surface area contributed by atoms with Crippen LogP contribution >= 0.6 is 11.3 Å². The number of carbonyl (C=O) groups is 2. The number of nitrogens with zero attached hydrogens (tertiary/aromatic N) is 1. The number of amides is 2. The SMILES string of the molecule is O=C(NCCc1cccs1)[C@@H]1CC(=O)N(c2ccc(F)cc2)C1. The summed E-state index contributed by atoms with van der Waals surface area (Å²) < 4.78 is 13.0. The largest absolute Gasteiger partial charge is 0.355 e. The van der Waals surface area contributed by atoms with Gasteiger partial charge in [-0.05, 0) is 42.1 Å². The van der Waals surface area contributed by atoms with Gasteiger partial charge in [-0.15, -0.1) is 11.3 Å². The van der Waals surface area contributed by atoms with Gasteiger partial charge in [0.15, 0.2) is 0 Å². The minimum atomic E-state index is -0.351. The van der Waals surface area contributed by atoms with Crippen LogP contribution in [0.15, 0.2) is 41.8 Å². The van der Waals surface area contributed by atoms with Crippen LogP contribution in [0.4, 0.5) is 10.1 Å². The molecule has 1 saturated heterocycles. The summed E-state index contributed by atoms with van der Waals surface area (Å²) in [5, 5.41) is 4.90. The van der Waals surface area contributed by atoms with Crippen molar-refractivity contribution in [2.75, 3.05) is 18.0 Å². The molecule has 2 heterocycles. The third-order valence-corrected chi connectivity index (χ3v) is 4.82. The molecule has 0 spiro atoms. The number of carbonyl (C=O) groups excluding carboxylic acids is 2. The normalized spacial score (nSPS) is 17.5. The lowest BCUT2D eigenvalue weighted by atomic mass is 10.1. The summed E-state index contributed by atoms with van der Waals surface area (Å²) in [4.78, 5) is 27.1. The summed E-state index contributed by atoms with van der Waals surface area (Å²) in [6.45, 7) is 0.913. The fraction of sp³-hybridized carbons (Fsp3) is 0.294. The van der Waals surface area contributed by atoms with Crippen molar-refractivity contribution in [2.45, 2.75) is 12.8 Å². The van der Waals surface area contributed by atoms with Crippen LogP contribution in [0, 0.1) is 11.7 Å². The molecule has 0 saturated carbocycles. The Labute approximate surface area is 137 Å². The van der Waals surface area contributed by atoms with Crippen LogP contribution in [0.2, 0.25) is 0 Å². The molecule has 120 valence electrons. The maximum atomic E-state index is 13.0. The number of anilines is 1. The lowest BCUT2D eigenvalue weighted by Crippen LogP contribution is -2.34. The quantitative estimate of drug-likeness (QED) is 0.915. The van der Waals surface area contributed by atoms with E-state index in [0.29, 0.717) is 18.8 Å². The molecule has 1 aromatic carbocycles. The third-order valence-electron chi connectivity index (χ3n) is 3.88. The van der Waals surface area contributed by atoms with Crippen LogP contribution in [0.25, 0.3) is 0 Å². The average Bonchev–Trinajstić information content (AvgIpc) is 3.18. The van der Waals surface area contributed by atoms with Crippen LogP contribution in [-0.2, 0) is 16.0 Å². The van der Waals surface area contributed by atoms with Gasteiger partial charge in [0, 0.05) is 30.1 Å². The monoisotopic (exact) mass is 332 g/mol. The maximum absolute atomic E-state index is 13.0. The van der Waals surface area contributed by atoms with E-state index < -0.39 is 0 Å². The molecule has 4 nitrogen and oxygen atoms in total. The van der Waals surface area contributed by atoms with Crippen molar-refractivity contribution in [1.29, 1.82) is 0 Å². The molecule has 0 bridgehead atoms. The van der Waals surface area contributed by atoms with Crippen molar-refractivity contribution in [3.05, 3.63) is 52.5 Å². The summed E-state index contributed by atoms with van der Waals surface area (Å²) in [6.07, 6.45) is 0.994. The highest BCUT2D eigenvalue weighted by molar-refractivity contribution is 7.09. The first kappa shape index (κ1) is 15.7. The van der Waals surface area contributed by atoms with E-state index in [1.54, 1.807) is 28.4 Å². The molecule has 23 heavy (non-hydrogen) atoms. The lowest BCUT2D eigenvalue weighted by molar-refractivity contribution is -0.126. The zero-order valence-electron chi connectivity index (χ0n) is 12.5. The van der Waals surface area contributed by atoms with Gasteiger partial charge in [0.05, 0.1) is 5.92 Å². The van der Waals surface area contributed by atoms with Crippen molar-refractivity contribution in [1.82, 2.24) is 5.32 Å². The topological polar surface area (TPSA) is 49.4 Å². The number of rotatable bonds is 5. The summed E-state index contributed by atoms with van der Waals surface area (Å²) in [5.74, 6) is -0.895. The van der Waals surface area contributed by atoms with Gasteiger partial charge in [0.2, 0.25) is 11.8 Å². The van der Waals surface area contributed by atoms with Crippen molar-refractivity contribution >= 4 is 28.8 Å². The van der Waals surface area contributed by atoms with Crippen molar-refractivity contribution in [2.24, 2.45) is 5.92 Å². The zero-order valence-corrected chi connectivity index (χ0v) is 13.3. The van der Waals surface area contributed by atoms with Crippen LogP contribution in [0.1, 0.15) is 11.3 Å². The molecule has 1 aliphatic rings. The molecular weight excluding hydrogens is 315 g/mol. The van der Waals surface area contributed by atoms with E-state index in [9.17, 15) is 14.0 Å². The third kappa shape index (κ3) is 3.76. The van der Waals surface area contributed by atoms with E-state index in [1.807, 2.05) is 17.5 Å². The van der Waals surface area contributed by atoms with E-state index in [4.69, 9.17) is 0 Å². The smallest absolute Gasteiger partial charge is 0.227 e. The Hall–Kier alpha value is -2.21. The number of benzene rings is 1. The second kappa shape index (κ2) is 6.91.